The molecule has 2 aromatic carbocycles. The Balaban J connectivity index is 2.15. The summed E-state index contributed by atoms with van der Waals surface area (Å²) in [4.78, 5) is 14.4. The Labute approximate surface area is 145 Å². The standard InChI is InChI=1S/C18H20BrNO3/c1-20(13-14-6-4-3-5-7-14)18(21)16-12-15(19)8-9-17(16)23-11-10-22-2/h3-9,12H,10-11,13H2,1-2H3. The molecule has 0 unspecified atom stereocenters. The van der Waals surface area contributed by atoms with Gasteiger partial charge in [-0.15, -0.1) is 0 Å². The lowest BCUT2D eigenvalue weighted by Gasteiger charge is -2.19. The number of rotatable bonds is 7. The monoisotopic (exact) mass is 377 g/mol. The van der Waals surface area contributed by atoms with Crippen LogP contribution < -0.4 is 4.74 Å². The fourth-order valence-corrected chi connectivity index (χ4v) is 2.53. The van der Waals surface area contributed by atoms with E-state index in [1.165, 1.54) is 0 Å². The Morgan fingerprint density at radius 2 is 1.87 bits per heavy atom. The molecule has 5 heteroatoms. The van der Waals surface area contributed by atoms with E-state index in [2.05, 4.69) is 15.9 Å². The number of ether oxygens (including phenoxy) is 2. The van der Waals surface area contributed by atoms with E-state index >= 15 is 0 Å². The Hall–Kier alpha value is -1.85. The molecule has 2 rings (SSSR count). The average molecular weight is 378 g/mol. The normalized spacial score (nSPS) is 10.4. The molecule has 122 valence electrons. The lowest BCUT2D eigenvalue weighted by atomic mass is 10.1. The first-order valence-corrected chi connectivity index (χ1v) is 8.12. The summed E-state index contributed by atoms with van der Waals surface area (Å²) in [5.74, 6) is 0.484. The molecule has 0 spiro atoms. The maximum absolute atomic E-state index is 12.7. The molecule has 0 fully saturated rings. The average Bonchev–Trinajstić information content (AvgIpc) is 2.56. The number of halogens is 1. The number of nitrogens with zero attached hydrogens (tertiary/aromatic N) is 1. The fourth-order valence-electron chi connectivity index (χ4n) is 2.16. The highest BCUT2D eigenvalue weighted by molar-refractivity contribution is 9.10. The van der Waals surface area contributed by atoms with Crippen LogP contribution in [0.3, 0.4) is 0 Å². The molecular formula is C18H20BrNO3. The minimum atomic E-state index is -0.0810. The summed E-state index contributed by atoms with van der Waals surface area (Å²) in [7, 11) is 3.40. The van der Waals surface area contributed by atoms with Gasteiger partial charge in [0, 0.05) is 25.2 Å². The van der Waals surface area contributed by atoms with E-state index in [9.17, 15) is 4.79 Å². The van der Waals surface area contributed by atoms with E-state index in [0.29, 0.717) is 31.1 Å². The van der Waals surface area contributed by atoms with Gasteiger partial charge in [-0.3, -0.25) is 4.79 Å². The predicted molar refractivity (Wildman–Crippen MR) is 93.8 cm³/mol. The van der Waals surface area contributed by atoms with Crippen LogP contribution in [0.4, 0.5) is 0 Å². The van der Waals surface area contributed by atoms with Crippen LogP contribution in [0.1, 0.15) is 15.9 Å². The number of carbonyl (C=O) groups is 1. The first-order valence-electron chi connectivity index (χ1n) is 7.32. The summed E-state index contributed by atoms with van der Waals surface area (Å²) >= 11 is 3.41. The van der Waals surface area contributed by atoms with Crippen LogP contribution in [0.25, 0.3) is 0 Å². The van der Waals surface area contributed by atoms with Crippen LogP contribution in [-0.4, -0.2) is 38.2 Å². The molecule has 0 radical (unpaired) electrons. The highest BCUT2D eigenvalue weighted by atomic mass is 79.9. The largest absolute Gasteiger partial charge is 0.490 e. The molecule has 0 aliphatic rings. The number of carbonyl (C=O) groups excluding carboxylic acids is 1. The van der Waals surface area contributed by atoms with Gasteiger partial charge in [-0.2, -0.15) is 0 Å². The zero-order valence-electron chi connectivity index (χ0n) is 13.3. The molecule has 0 aliphatic heterocycles. The second-order valence-electron chi connectivity index (χ2n) is 5.13. The second-order valence-corrected chi connectivity index (χ2v) is 6.04. The third-order valence-corrected chi connectivity index (χ3v) is 3.82. The van der Waals surface area contributed by atoms with Crippen molar-refractivity contribution in [3.8, 4) is 5.75 Å². The van der Waals surface area contributed by atoms with E-state index in [1.807, 2.05) is 36.4 Å². The first-order chi connectivity index (χ1) is 11.1. The van der Waals surface area contributed by atoms with Gasteiger partial charge in [-0.25, -0.2) is 0 Å². The summed E-state index contributed by atoms with van der Waals surface area (Å²) in [5, 5.41) is 0. The van der Waals surface area contributed by atoms with E-state index in [1.54, 1.807) is 31.2 Å². The molecule has 23 heavy (non-hydrogen) atoms. The summed E-state index contributed by atoms with van der Waals surface area (Å²) in [5.41, 5.74) is 1.62. The minimum absolute atomic E-state index is 0.0810. The smallest absolute Gasteiger partial charge is 0.257 e. The summed E-state index contributed by atoms with van der Waals surface area (Å²) < 4.78 is 11.5. The summed E-state index contributed by atoms with van der Waals surface area (Å²) in [6, 6.07) is 15.3. The molecule has 0 aromatic heterocycles. The molecule has 0 aliphatic carbocycles. The fraction of sp³-hybridized carbons (Fsp3) is 0.278. The van der Waals surface area contributed by atoms with Crippen LogP contribution in [0.15, 0.2) is 53.0 Å². The van der Waals surface area contributed by atoms with Crippen LogP contribution in [0, 0.1) is 0 Å². The SMILES string of the molecule is COCCOc1ccc(Br)cc1C(=O)N(C)Cc1ccccc1. The van der Waals surface area contributed by atoms with E-state index in [0.717, 1.165) is 10.0 Å². The summed E-state index contributed by atoms with van der Waals surface area (Å²) in [6.45, 7) is 1.42. The van der Waals surface area contributed by atoms with Gasteiger partial charge >= 0.3 is 0 Å². The topological polar surface area (TPSA) is 38.8 Å². The lowest BCUT2D eigenvalue weighted by Crippen LogP contribution is -2.26. The van der Waals surface area contributed by atoms with Gasteiger partial charge < -0.3 is 14.4 Å². The highest BCUT2D eigenvalue weighted by Gasteiger charge is 2.17. The van der Waals surface area contributed by atoms with Crippen LogP contribution in [-0.2, 0) is 11.3 Å². The van der Waals surface area contributed by atoms with Gasteiger partial charge in [0.05, 0.1) is 12.2 Å². The quantitative estimate of drug-likeness (QED) is 0.689. The Kier molecular flexibility index (Phi) is 6.62. The van der Waals surface area contributed by atoms with Crippen molar-refractivity contribution in [2.45, 2.75) is 6.54 Å². The number of amides is 1. The van der Waals surface area contributed by atoms with Crippen molar-refractivity contribution >= 4 is 21.8 Å². The Morgan fingerprint density at radius 3 is 2.57 bits per heavy atom. The number of hydrogen-bond donors (Lipinski definition) is 0. The zero-order valence-corrected chi connectivity index (χ0v) is 14.9. The van der Waals surface area contributed by atoms with Crippen molar-refractivity contribution in [3.63, 3.8) is 0 Å². The van der Waals surface area contributed by atoms with Gasteiger partial charge in [-0.05, 0) is 23.8 Å². The van der Waals surface area contributed by atoms with Crippen LogP contribution >= 0.6 is 15.9 Å². The molecule has 0 saturated heterocycles. The van der Waals surface area contributed by atoms with E-state index in [-0.39, 0.29) is 5.91 Å². The zero-order chi connectivity index (χ0) is 16.7. The third kappa shape index (κ3) is 5.08. The highest BCUT2D eigenvalue weighted by Crippen LogP contribution is 2.25. The van der Waals surface area contributed by atoms with Crippen molar-refractivity contribution in [1.82, 2.24) is 4.90 Å². The van der Waals surface area contributed by atoms with Crippen molar-refractivity contribution in [1.29, 1.82) is 0 Å². The van der Waals surface area contributed by atoms with Crippen molar-refractivity contribution in [2.24, 2.45) is 0 Å². The maximum Gasteiger partial charge on any atom is 0.257 e. The molecular weight excluding hydrogens is 358 g/mol. The Bertz CT molecular complexity index is 646. The van der Waals surface area contributed by atoms with Crippen LogP contribution in [0.2, 0.25) is 0 Å². The first kappa shape index (κ1) is 17.5. The molecule has 0 atom stereocenters. The summed E-state index contributed by atoms with van der Waals surface area (Å²) in [6.07, 6.45) is 0. The van der Waals surface area contributed by atoms with Crippen molar-refractivity contribution in [3.05, 3.63) is 64.1 Å². The maximum atomic E-state index is 12.7. The Morgan fingerprint density at radius 1 is 1.13 bits per heavy atom. The van der Waals surface area contributed by atoms with Crippen molar-refractivity contribution in [2.75, 3.05) is 27.4 Å². The van der Waals surface area contributed by atoms with Crippen LogP contribution in [0.5, 0.6) is 5.75 Å². The molecule has 0 N–H and O–H groups in total. The molecule has 0 heterocycles. The van der Waals surface area contributed by atoms with E-state index in [4.69, 9.17) is 9.47 Å². The van der Waals surface area contributed by atoms with Crippen molar-refractivity contribution < 1.29 is 14.3 Å². The minimum Gasteiger partial charge on any atom is -0.490 e. The van der Waals surface area contributed by atoms with Gasteiger partial charge in [0.2, 0.25) is 0 Å². The second kappa shape index (κ2) is 8.70. The molecule has 2 aromatic rings. The van der Waals surface area contributed by atoms with E-state index < -0.39 is 0 Å². The molecule has 0 saturated carbocycles. The van der Waals surface area contributed by atoms with Gasteiger partial charge in [0.15, 0.2) is 0 Å². The molecule has 0 bridgehead atoms. The van der Waals surface area contributed by atoms with Gasteiger partial charge in [0.1, 0.15) is 12.4 Å². The lowest BCUT2D eigenvalue weighted by molar-refractivity contribution is 0.0777. The predicted octanol–water partition coefficient (Wildman–Crippen LogP) is 3.75. The third-order valence-electron chi connectivity index (χ3n) is 3.33. The number of hydrogen-bond acceptors (Lipinski definition) is 3. The van der Waals surface area contributed by atoms with Gasteiger partial charge in [-0.1, -0.05) is 46.3 Å². The molecule has 4 nitrogen and oxygen atoms in total. The number of methoxy groups -OCH3 is 1. The number of benzene rings is 2. The molecule has 1 amide bonds. The van der Waals surface area contributed by atoms with Gasteiger partial charge in [0.25, 0.3) is 5.91 Å².